The Hall–Kier alpha value is 0.417. The molecule has 0 aromatic heterocycles. The van der Waals surface area contributed by atoms with Crippen molar-refractivity contribution in [3.63, 3.8) is 0 Å². The summed E-state index contributed by atoms with van der Waals surface area (Å²) in [6.45, 7) is 12.0. The van der Waals surface area contributed by atoms with Gasteiger partial charge in [-0.3, -0.25) is 0 Å². The van der Waals surface area contributed by atoms with Gasteiger partial charge in [0.1, 0.15) is 0 Å². The summed E-state index contributed by atoms with van der Waals surface area (Å²) in [5.74, 6) is 0. The van der Waals surface area contributed by atoms with Gasteiger partial charge in [0.05, 0.1) is 6.61 Å². The Kier molecular flexibility index (Phi) is 5.09. The summed E-state index contributed by atoms with van der Waals surface area (Å²) in [5, 5.41) is 1.04. The molecule has 0 unspecified atom stereocenters. The molecule has 1 rings (SSSR count). The summed E-state index contributed by atoms with van der Waals surface area (Å²) >= 11 is 8.25. The molecule has 0 heterocycles. The first-order valence-corrected chi connectivity index (χ1v) is 10.1. The predicted molar refractivity (Wildman–Crippen MR) is 86.2 cm³/mol. The average Bonchev–Trinajstić information content (AvgIpc) is 2.14. The van der Waals surface area contributed by atoms with Crippen LogP contribution in [0.3, 0.4) is 0 Å². The van der Waals surface area contributed by atoms with Gasteiger partial charge >= 0.3 is 0 Å². The van der Waals surface area contributed by atoms with Crippen molar-refractivity contribution in [1.82, 2.24) is 0 Å². The maximum Gasteiger partial charge on any atom is 0.192 e. The Labute approximate surface area is 124 Å². The highest BCUT2D eigenvalue weighted by molar-refractivity contribution is 14.1. The maximum absolute atomic E-state index is 6.19. The third-order valence-corrected chi connectivity index (χ3v) is 9.13. The zero-order valence-electron chi connectivity index (χ0n) is 11.1. The maximum atomic E-state index is 6.19. The second-order valence-electron chi connectivity index (χ2n) is 5.78. The fraction of sp³-hybridized carbons (Fsp3) is 0.538. The molecule has 0 aliphatic carbocycles. The Bertz CT molecular complexity index is 399. The van der Waals surface area contributed by atoms with Gasteiger partial charge in [0.25, 0.3) is 0 Å². The SMILES string of the molecule is CC(C)(C)[Si](C)(C)OCc1ccc(Cl)cc1I. The van der Waals surface area contributed by atoms with Crippen molar-refractivity contribution in [2.75, 3.05) is 0 Å². The lowest BCUT2D eigenvalue weighted by molar-refractivity contribution is 0.275. The van der Waals surface area contributed by atoms with Crippen molar-refractivity contribution in [3.05, 3.63) is 32.4 Å². The summed E-state index contributed by atoms with van der Waals surface area (Å²) in [7, 11) is -1.66. The standard InChI is InChI=1S/C13H20ClIOSi/c1-13(2,3)17(4,5)16-9-10-6-7-11(14)8-12(10)15/h6-8H,9H2,1-5H3. The van der Waals surface area contributed by atoms with Crippen LogP contribution in [-0.2, 0) is 11.0 Å². The Morgan fingerprint density at radius 2 is 1.88 bits per heavy atom. The van der Waals surface area contributed by atoms with Crippen LogP contribution in [0.25, 0.3) is 0 Å². The van der Waals surface area contributed by atoms with Crippen LogP contribution < -0.4 is 0 Å². The zero-order valence-corrected chi connectivity index (χ0v) is 15.0. The lowest BCUT2D eigenvalue weighted by Gasteiger charge is -2.36. The van der Waals surface area contributed by atoms with E-state index in [1.54, 1.807) is 0 Å². The third kappa shape index (κ3) is 4.23. The highest BCUT2D eigenvalue weighted by atomic mass is 127. The first-order valence-electron chi connectivity index (χ1n) is 5.71. The molecule has 0 atom stereocenters. The zero-order chi connectivity index (χ0) is 13.3. The van der Waals surface area contributed by atoms with E-state index in [-0.39, 0.29) is 5.04 Å². The van der Waals surface area contributed by atoms with Gasteiger partial charge in [0.15, 0.2) is 8.32 Å². The van der Waals surface area contributed by atoms with Gasteiger partial charge in [-0.1, -0.05) is 38.4 Å². The van der Waals surface area contributed by atoms with Gasteiger partial charge in [0.2, 0.25) is 0 Å². The lowest BCUT2D eigenvalue weighted by Crippen LogP contribution is -2.40. The third-order valence-electron chi connectivity index (χ3n) is 3.41. The number of benzene rings is 1. The molecule has 0 aliphatic heterocycles. The van der Waals surface area contributed by atoms with E-state index in [2.05, 4.69) is 62.5 Å². The average molecular weight is 383 g/mol. The van der Waals surface area contributed by atoms with Crippen LogP contribution in [0.2, 0.25) is 23.2 Å². The molecule has 1 aromatic carbocycles. The van der Waals surface area contributed by atoms with Crippen LogP contribution in [0.15, 0.2) is 18.2 Å². The van der Waals surface area contributed by atoms with E-state index in [0.717, 1.165) is 5.02 Å². The topological polar surface area (TPSA) is 9.23 Å². The fourth-order valence-corrected chi connectivity index (χ4v) is 3.09. The molecular formula is C13H20ClIOSi. The second-order valence-corrected chi connectivity index (χ2v) is 12.2. The molecule has 0 radical (unpaired) electrons. The van der Waals surface area contributed by atoms with Crippen LogP contribution in [0.4, 0.5) is 0 Å². The van der Waals surface area contributed by atoms with Gasteiger partial charge in [-0.25, -0.2) is 0 Å². The second kappa shape index (κ2) is 5.59. The fourth-order valence-electron chi connectivity index (χ4n) is 1.11. The van der Waals surface area contributed by atoms with E-state index in [1.165, 1.54) is 9.13 Å². The monoisotopic (exact) mass is 382 g/mol. The van der Waals surface area contributed by atoms with Crippen LogP contribution in [0.1, 0.15) is 26.3 Å². The van der Waals surface area contributed by atoms with Gasteiger partial charge in [-0.15, -0.1) is 0 Å². The van der Waals surface area contributed by atoms with E-state index >= 15 is 0 Å². The largest absolute Gasteiger partial charge is 0.413 e. The van der Waals surface area contributed by atoms with E-state index in [0.29, 0.717) is 6.61 Å². The first kappa shape index (κ1) is 15.5. The predicted octanol–water partition coefficient (Wildman–Crippen LogP) is 5.47. The summed E-state index contributed by atoms with van der Waals surface area (Å²) < 4.78 is 7.37. The van der Waals surface area contributed by atoms with Crippen LogP contribution in [-0.4, -0.2) is 8.32 Å². The van der Waals surface area contributed by atoms with Crippen molar-refractivity contribution in [3.8, 4) is 0 Å². The van der Waals surface area contributed by atoms with Crippen molar-refractivity contribution >= 4 is 42.5 Å². The normalized spacial score (nSPS) is 12.9. The molecule has 0 aliphatic rings. The van der Waals surface area contributed by atoms with Gasteiger partial charge in [-0.2, -0.15) is 0 Å². The molecule has 1 aromatic rings. The number of hydrogen-bond acceptors (Lipinski definition) is 1. The number of hydrogen-bond donors (Lipinski definition) is 0. The molecule has 0 spiro atoms. The molecule has 4 heteroatoms. The molecule has 0 saturated heterocycles. The summed E-state index contributed by atoms with van der Waals surface area (Å²) in [4.78, 5) is 0. The summed E-state index contributed by atoms with van der Waals surface area (Å²) in [5.41, 5.74) is 1.22. The van der Waals surface area contributed by atoms with E-state index in [4.69, 9.17) is 16.0 Å². The number of halogens is 2. The van der Waals surface area contributed by atoms with E-state index in [1.807, 2.05) is 12.1 Å². The van der Waals surface area contributed by atoms with Gasteiger partial charge < -0.3 is 4.43 Å². The highest BCUT2D eigenvalue weighted by Gasteiger charge is 2.37. The molecule has 1 nitrogen and oxygen atoms in total. The molecular weight excluding hydrogens is 363 g/mol. The Morgan fingerprint density at radius 3 is 2.35 bits per heavy atom. The van der Waals surface area contributed by atoms with Crippen molar-refractivity contribution in [2.24, 2.45) is 0 Å². The first-order chi connectivity index (χ1) is 7.63. The van der Waals surface area contributed by atoms with Crippen LogP contribution >= 0.6 is 34.2 Å². The summed E-state index contributed by atoms with van der Waals surface area (Å²) in [6.07, 6.45) is 0. The molecule has 0 bridgehead atoms. The molecule has 0 amide bonds. The highest BCUT2D eigenvalue weighted by Crippen LogP contribution is 2.37. The van der Waals surface area contributed by atoms with E-state index < -0.39 is 8.32 Å². The van der Waals surface area contributed by atoms with Crippen molar-refractivity contribution < 1.29 is 4.43 Å². The molecule has 0 saturated carbocycles. The van der Waals surface area contributed by atoms with Crippen LogP contribution in [0.5, 0.6) is 0 Å². The minimum Gasteiger partial charge on any atom is -0.413 e. The molecule has 0 fully saturated rings. The Morgan fingerprint density at radius 1 is 1.29 bits per heavy atom. The van der Waals surface area contributed by atoms with E-state index in [9.17, 15) is 0 Å². The Balaban J connectivity index is 2.74. The number of rotatable bonds is 3. The van der Waals surface area contributed by atoms with Crippen LogP contribution in [0, 0.1) is 3.57 Å². The minimum absolute atomic E-state index is 0.255. The van der Waals surface area contributed by atoms with Crippen molar-refractivity contribution in [2.45, 2.75) is 45.5 Å². The quantitative estimate of drug-likeness (QED) is 0.498. The molecule has 0 N–H and O–H groups in total. The lowest BCUT2D eigenvalue weighted by atomic mass is 10.2. The van der Waals surface area contributed by atoms with Gasteiger partial charge in [-0.05, 0) is 58.4 Å². The van der Waals surface area contributed by atoms with Gasteiger partial charge in [0, 0.05) is 8.59 Å². The minimum atomic E-state index is -1.66. The molecule has 96 valence electrons. The summed E-state index contributed by atoms with van der Waals surface area (Å²) in [6, 6.07) is 5.96. The molecule has 17 heavy (non-hydrogen) atoms. The van der Waals surface area contributed by atoms with Crippen molar-refractivity contribution in [1.29, 1.82) is 0 Å². The smallest absolute Gasteiger partial charge is 0.192 e.